The Morgan fingerprint density at radius 3 is 2.65 bits per heavy atom. The number of nitrogens with zero attached hydrogens (tertiary/aromatic N) is 3. The molecular formula is C13H22N4. The summed E-state index contributed by atoms with van der Waals surface area (Å²) in [7, 11) is 1.92. The van der Waals surface area contributed by atoms with E-state index in [2.05, 4.69) is 39.5 Å². The molecule has 0 atom stereocenters. The van der Waals surface area contributed by atoms with Crippen molar-refractivity contribution in [3.8, 4) is 0 Å². The quantitative estimate of drug-likeness (QED) is 0.815. The van der Waals surface area contributed by atoms with E-state index in [0.717, 1.165) is 37.1 Å². The summed E-state index contributed by atoms with van der Waals surface area (Å²) in [6.45, 7) is 5.11. The van der Waals surface area contributed by atoms with Crippen molar-refractivity contribution in [1.29, 1.82) is 0 Å². The van der Waals surface area contributed by atoms with Crippen LogP contribution in [-0.4, -0.2) is 30.3 Å². The Balaban J connectivity index is 1.97. The molecule has 2 rings (SSSR count). The van der Waals surface area contributed by atoms with Gasteiger partial charge in [0, 0.05) is 19.6 Å². The molecule has 0 unspecified atom stereocenters. The molecule has 94 valence electrons. The second kappa shape index (κ2) is 5.96. The molecule has 1 N–H and O–H groups in total. The molecule has 0 amide bonds. The first-order chi connectivity index (χ1) is 8.33. The summed E-state index contributed by atoms with van der Waals surface area (Å²) in [6.07, 6.45) is 4.15. The molecular weight excluding hydrogens is 212 g/mol. The van der Waals surface area contributed by atoms with Crippen molar-refractivity contribution in [2.24, 2.45) is 5.92 Å². The van der Waals surface area contributed by atoms with Gasteiger partial charge in [0.25, 0.3) is 0 Å². The van der Waals surface area contributed by atoms with Gasteiger partial charge in [-0.2, -0.15) is 5.10 Å². The van der Waals surface area contributed by atoms with Gasteiger partial charge in [0.05, 0.1) is 5.69 Å². The first kappa shape index (κ1) is 12.3. The maximum atomic E-state index is 4.32. The lowest BCUT2D eigenvalue weighted by Crippen LogP contribution is -2.33. The van der Waals surface area contributed by atoms with Crippen LogP contribution < -0.4 is 10.2 Å². The van der Waals surface area contributed by atoms with Crippen LogP contribution in [-0.2, 0) is 6.54 Å². The van der Waals surface area contributed by atoms with Gasteiger partial charge in [-0.1, -0.05) is 6.42 Å². The van der Waals surface area contributed by atoms with Gasteiger partial charge in [0.15, 0.2) is 5.82 Å². The lowest BCUT2D eigenvalue weighted by molar-refractivity contribution is 0.318. The molecule has 1 fully saturated rings. The fourth-order valence-corrected chi connectivity index (χ4v) is 2.17. The highest BCUT2D eigenvalue weighted by Gasteiger charge is 2.20. The Morgan fingerprint density at radius 2 is 2.18 bits per heavy atom. The molecule has 0 spiro atoms. The molecule has 4 nitrogen and oxygen atoms in total. The lowest BCUT2D eigenvalue weighted by Gasteiger charge is -2.32. The molecule has 1 aromatic rings. The minimum atomic E-state index is 0.780. The maximum Gasteiger partial charge on any atom is 0.151 e. The molecule has 0 saturated heterocycles. The molecule has 17 heavy (non-hydrogen) atoms. The zero-order valence-corrected chi connectivity index (χ0v) is 10.8. The van der Waals surface area contributed by atoms with Crippen LogP contribution in [0.2, 0.25) is 0 Å². The number of hydrogen-bond donors (Lipinski definition) is 1. The zero-order chi connectivity index (χ0) is 12.1. The maximum absolute atomic E-state index is 4.32. The average Bonchev–Trinajstić information content (AvgIpc) is 2.30. The first-order valence-electron chi connectivity index (χ1n) is 6.55. The van der Waals surface area contributed by atoms with Gasteiger partial charge < -0.3 is 10.2 Å². The summed E-state index contributed by atoms with van der Waals surface area (Å²) in [5.74, 6) is 1.88. The van der Waals surface area contributed by atoms with Crippen molar-refractivity contribution in [2.45, 2.75) is 32.7 Å². The highest BCUT2D eigenvalue weighted by Crippen LogP contribution is 2.28. The normalized spacial score (nSPS) is 15.6. The van der Waals surface area contributed by atoms with Gasteiger partial charge in [-0.25, -0.2) is 0 Å². The van der Waals surface area contributed by atoms with Gasteiger partial charge in [-0.15, -0.1) is 5.10 Å². The Bertz CT molecular complexity index is 332. The summed E-state index contributed by atoms with van der Waals surface area (Å²) >= 11 is 0. The third kappa shape index (κ3) is 3.16. The Labute approximate surface area is 103 Å². The first-order valence-corrected chi connectivity index (χ1v) is 6.55. The minimum absolute atomic E-state index is 0.780. The molecule has 1 aromatic heterocycles. The number of aromatic nitrogens is 2. The van der Waals surface area contributed by atoms with Crippen LogP contribution in [0.3, 0.4) is 0 Å². The second-order valence-electron chi connectivity index (χ2n) is 4.75. The zero-order valence-electron chi connectivity index (χ0n) is 10.8. The predicted octanol–water partition coefficient (Wildman–Crippen LogP) is 1.82. The van der Waals surface area contributed by atoms with Crippen LogP contribution in [0.15, 0.2) is 12.1 Å². The number of anilines is 1. The fraction of sp³-hybridized carbons (Fsp3) is 0.692. The second-order valence-corrected chi connectivity index (χ2v) is 4.75. The van der Waals surface area contributed by atoms with Gasteiger partial charge in [0.2, 0.25) is 0 Å². The Morgan fingerprint density at radius 1 is 1.35 bits per heavy atom. The van der Waals surface area contributed by atoms with E-state index in [1.165, 1.54) is 19.3 Å². The van der Waals surface area contributed by atoms with Gasteiger partial charge in [-0.05, 0) is 44.9 Å². The Hall–Kier alpha value is -1.16. The SMILES string of the molecule is CCN(CC1CCC1)c1ccc(CNC)nn1. The summed E-state index contributed by atoms with van der Waals surface area (Å²) in [5, 5.41) is 11.6. The van der Waals surface area contributed by atoms with Crippen molar-refractivity contribution in [1.82, 2.24) is 15.5 Å². The van der Waals surface area contributed by atoms with E-state index >= 15 is 0 Å². The average molecular weight is 234 g/mol. The lowest BCUT2D eigenvalue weighted by atomic mass is 9.85. The largest absolute Gasteiger partial charge is 0.355 e. The number of hydrogen-bond acceptors (Lipinski definition) is 4. The molecule has 4 heteroatoms. The molecule has 0 bridgehead atoms. The van der Waals surface area contributed by atoms with Crippen molar-refractivity contribution in [3.05, 3.63) is 17.8 Å². The monoisotopic (exact) mass is 234 g/mol. The highest BCUT2D eigenvalue weighted by molar-refractivity contribution is 5.37. The molecule has 0 radical (unpaired) electrons. The van der Waals surface area contributed by atoms with Crippen LogP contribution in [0.4, 0.5) is 5.82 Å². The standard InChI is InChI=1S/C13H22N4/c1-3-17(10-11-5-4-6-11)13-8-7-12(9-14-2)15-16-13/h7-8,11,14H,3-6,9-10H2,1-2H3. The smallest absolute Gasteiger partial charge is 0.151 e. The summed E-state index contributed by atoms with van der Waals surface area (Å²) in [4.78, 5) is 2.33. The van der Waals surface area contributed by atoms with E-state index < -0.39 is 0 Å². The third-order valence-electron chi connectivity index (χ3n) is 3.47. The fourth-order valence-electron chi connectivity index (χ4n) is 2.17. The van der Waals surface area contributed by atoms with Crippen molar-refractivity contribution < 1.29 is 0 Å². The van der Waals surface area contributed by atoms with Crippen molar-refractivity contribution >= 4 is 5.82 Å². The van der Waals surface area contributed by atoms with Crippen LogP contribution >= 0.6 is 0 Å². The third-order valence-corrected chi connectivity index (χ3v) is 3.47. The predicted molar refractivity (Wildman–Crippen MR) is 70.0 cm³/mol. The summed E-state index contributed by atoms with van der Waals surface area (Å²) < 4.78 is 0. The molecule has 0 aromatic carbocycles. The molecule has 1 aliphatic carbocycles. The van der Waals surface area contributed by atoms with E-state index in [1.54, 1.807) is 0 Å². The van der Waals surface area contributed by atoms with Gasteiger partial charge in [-0.3, -0.25) is 0 Å². The number of nitrogens with one attached hydrogen (secondary N) is 1. The van der Waals surface area contributed by atoms with E-state index in [1.807, 2.05) is 7.05 Å². The van der Waals surface area contributed by atoms with E-state index in [4.69, 9.17) is 0 Å². The number of rotatable bonds is 6. The van der Waals surface area contributed by atoms with Gasteiger partial charge >= 0.3 is 0 Å². The van der Waals surface area contributed by atoms with Crippen LogP contribution in [0, 0.1) is 5.92 Å². The summed E-state index contributed by atoms with van der Waals surface area (Å²) in [6, 6.07) is 4.14. The van der Waals surface area contributed by atoms with Crippen molar-refractivity contribution in [3.63, 3.8) is 0 Å². The minimum Gasteiger partial charge on any atom is -0.355 e. The van der Waals surface area contributed by atoms with E-state index in [9.17, 15) is 0 Å². The van der Waals surface area contributed by atoms with E-state index in [0.29, 0.717) is 0 Å². The topological polar surface area (TPSA) is 41.0 Å². The van der Waals surface area contributed by atoms with Crippen LogP contribution in [0.1, 0.15) is 31.9 Å². The van der Waals surface area contributed by atoms with Crippen LogP contribution in [0.5, 0.6) is 0 Å². The molecule has 1 heterocycles. The molecule has 0 aliphatic heterocycles. The highest BCUT2D eigenvalue weighted by atomic mass is 15.3. The van der Waals surface area contributed by atoms with Crippen molar-refractivity contribution in [2.75, 3.05) is 25.0 Å². The summed E-state index contributed by atoms with van der Waals surface area (Å²) in [5.41, 5.74) is 0.996. The Kier molecular flexibility index (Phi) is 4.31. The van der Waals surface area contributed by atoms with Gasteiger partial charge in [0.1, 0.15) is 0 Å². The van der Waals surface area contributed by atoms with Crippen LogP contribution in [0.25, 0.3) is 0 Å². The molecule has 1 aliphatic rings. The molecule has 1 saturated carbocycles. The van der Waals surface area contributed by atoms with E-state index in [-0.39, 0.29) is 0 Å².